The maximum atomic E-state index is 13.4. The molecule has 0 atom stereocenters. The van der Waals surface area contributed by atoms with Crippen LogP contribution in [0.25, 0.3) is 0 Å². The van der Waals surface area contributed by atoms with E-state index >= 15 is 0 Å². The molecule has 0 saturated carbocycles. The monoisotopic (exact) mass is 404 g/mol. The number of fused-ring (bicyclic) bond motifs is 1. The Bertz CT molecular complexity index is 938. The standard InChI is InChI=1S/C20H24N2O3S2/c1-4-15-5-7-16(8-6-15)22(12-14(2)3)27(24,25)17-9-10-19-18(11-17)21-20(23)13-26-19/h5-11,14H,4,12-13H2,1-3H3,(H,21,23). The molecule has 1 amide bonds. The molecule has 0 saturated heterocycles. The number of nitrogens with one attached hydrogen (secondary N) is 1. The van der Waals surface area contributed by atoms with Crippen molar-refractivity contribution in [3.63, 3.8) is 0 Å². The number of hydrogen-bond acceptors (Lipinski definition) is 4. The third-order valence-electron chi connectivity index (χ3n) is 4.34. The summed E-state index contributed by atoms with van der Waals surface area (Å²) in [5.41, 5.74) is 2.37. The fraction of sp³-hybridized carbons (Fsp3) is 0.350. The van der Waals surface area contributed by atoms with Crippen molar-refractivity contribution >= 4 is 39.1 Å². The largest absolute Gasteiger partial charge is 0.324 e. The Morgan fingerprint density at radius 3 is 2.48 bits per heavy atom. The molecule has 0 radical (unpaired) electrons. The van der Waals surface area contributed by atoms with Crippen LogP contribution in [-0.2, 0) is 21.2 Å². The molecule has 144 valence electrons. The first kappa shape index (κ1) is 19.8. The van der Waals surface area contributed by atoms with E-state index in [4.69, 9.17) is 0 Å². The average molecular weight is 405 g/mol. The number of hydrogen-bond donors (Lipinski definition) is 1. The van der Waals surface area contributed by atoms with Crippen molar-refractivity contribution in [3.8, 4) is 0 Å². The molecule has 1 N–H and O–H groups in total. The maximum Gasteiger partial charge on any atom is 0.264 e. The Morgan fingerprint density at radius 2 is 1.85 bits per heavy atom. The summed E-state index contributed by atoms with van der Waals surface area (Å²) in [5, 5.41) is 2.76. The van der Waals surface area contributed by atoms with E-state index < -0.39 is 10.0 Å². The van der Waals surface area contributed by atoms with Crippen molar-refractivity contribution in [2.45, 2.75) is 37.0 Å². The van der Waals surface area contributed by atoms with Gasteiger partial charge in [0.05, 0.1) is 22.0 Å². The number of thioether (sulfide) groups is 1. The highest BCUT2D eigenvalue weighted by atomic mass is 32.2. The fourth-order valence-corrected chi connectivity index (χ4v) is 5.37. The summed E-state index contributed by atoms with van der Waals surface area (Å²) in [5.74, 6) is 0.400. The molecule has 1 heterocycles. The van der Waals surface area contributed by atoms with Gasteiger partial charge >= 0.3 is 0 Å². The molecular weight excluding hydrogens is 380 g/mol. The van der Waals surface area contributed by atoms with Crippen LogP contribution in [0.4, 0.5) is 11.4 Å². The number of nitrogens with zero attached hydrogens (tertiary/aromatic N) is 1. The van der Waals surface area contributed by atoms with Crippen molar-refractivity contribution < 1.29 is 13.2 Å². The van der Waals surface area contributed by atoms with Gasteiger partial charge in [0.1, 0.15) is 0 Å². The van der Waals surface area contributed by atoms with Crippen LogP contribution in [-0.4, -0.2) is 26.6 Å². The number of rotatable bonds is 6. The molecular formula is C20H24N2O3S2. The normalized spacial score (nSPS) is 14.0. The van der Waals surface area contributed by atoms with Crippen molar-refractivity contribution in [1.29, 1.82) is 0 Å². The Kier molecular flexibility index (Phi) is 5.81. The van der Waals surface area contributed by atoms with Crippen LogP contribution < -0.4 is 9.62 Å². The first-order valence-corrected chi connectivity index (χ1v) is 11.4. The predicted octanol–water partition coefficient (Wildman–Crippen LogP) is 4.14. The molecule has 1 aliphatic heterocycles. The van der Waals surface area contributed by atoms with Crippen molar-refractivity contribution in [3.05, 3.63) is 48.0 Å². The molecule has 27 heavy (non-hydrogen) atoms. The van der Waals surface area contributed by atoms with E-state index in [0.717, 1.165) is 16.9 Å². The molecule has 0 bridgehead atoms. The van der Waals surface area contributed by atoms with Gasteiger partial charge in [0, 0.05) is 11.4 Å². The van der Waals surface area contributed by atoms with Crippen LogP contribution in [0.1, 0.15) is 26.3 Å². The van der Waals surface area contributed by atoms with Crippen molar-refractivity contribution in [2.24, 2.45) is 5.92 Å². The van der Waals surface area contributed by atoms with E-state index in [9.17, 15) is 13.2 Å². The first-order valence-electron chi connectivity index (χ1n) is 8.99. The quantitative estimate of drug-likeness (QED) is 0.786. The molecule has 0 fully saturated rings. The number of carbonyl (C=O) groups is 1. The second-order valence-electron chi connectivity index (χ2n) is 6.94. The van der Waals surface area contributed by atoms with Gasteiger partial charge in [0.15, 0.2) is 0 Å². The minimum absolute atomic E-state index is 0.115. The molecule has 0 aromatic heterocycles. The van der Waals surface area contributed by atoms with Gasteiger partial charge in [0.25, 0.3) is 10.0 Å². The summed E-state index contributed by atoms with van der Waals surface area (Å²) < 4.78 is 28.2. The zero-order valence-corrected chi connectivity index (χ0v) is 17.4. The molecule has 3 rings (SSSR count). The smallest absolute Gasteiger partial charge is 0.264 e. The molecule has 7 heteroatoms. The maximum absolute atomic E-state index is 13.4. The highest BCUT2D eigenvalue weighted by Gasteiger charge is 2.27. The Hall–Kier alpha value is -1.99. The lowest BCUT2D eigenvalue weighted by Gasteiger charge is -2.27. The summed E-state index contributed by atoms with van der Waals surface area (Å²) in [4.78, 5) is 12.7. The van der Waals surface area contributed by atoms with Crippen LogP contribution in [0.5, 0.6) is 0 Å². The van der Waals surface area contributed by atoms with Crippen molar-refractivity contribution in [1.82, 2.24) is 0 Å². The molecule has 2 aromatic rings. The zero-order chi connectivity index (χ0) is 19.6. The molecule has 0 unspecified atom stereocenters. The van der Waals surface area contributed by atoms with E-state index in [1.54, 1.807) is 18.2 Å². The minimum Gasteiger partial charge on any atom is -0.324 e. The first-order chi connectivity index (χ1) is 12.8. The zero-order valence-electron chi connectivity index (χ0n) is 15.7. The van der Waals surface area contributed by atoms with Crippen LogP contribution in [0.2, 0.25) is 0 Å². The van der Waals surface area contributed by atoms with Gasteiger partial charge in [-0.15, -0.1) is 11.8 Å². The summed E-state index contributed by atoms with van der Waals surface area (Å²) in [6.45, 7) is 6.43. The summed E-state index contributed by atoms with van der Waals surface area (Å²) in [7, 11) is -3.75. The molecule has 1 aliphatic rings. The third-order valence-corrected chi connectivity index (χ3v) is 7.20. The fourth-order valence-electron chi connectivity index (χ4n) is 2.92. The van der Waals surface area contributed by atoms with Crippen LogP contribution in [0.15, 0.2) is 52.3 Å². The Labute approximate surface area is 165 Å². The summed E-state index contributed by atoms with van der Waals surface area (Å²) in [6, 6.07) is 12.6. The molecule has 2 aromatic carbocycles. The molecule has 0 aliphatic carbocycles. The number of benzene rings is 2. The number of carbonyl (C=O) groups excluding carboxylic acids is 1. The van der Waals surface area contributed by atoms with E-state index in [1.165, 1.54) is 16.1 Å². The van der Waals surface area contributed by atoms with E-state index in [0.29, 0.717) is 23.7 Å². The van der Waals surface area contributed by atoms with Gasteiger partial charge in [-0.25, -0.2) is 8.42 Å². The van der Waals surface area contributed by atoms with E-state index in [-0.39, 0.29) is 16.7 Å². The Morgan fingerprint density at radius 1 is 1.15 bits per heavy atom. The number of aryl methyl sites for hydroxylation is 1. The van der Waals surface area contributed by atoms with Gasteiger partial charge in [-0.1, -0.05) is 32.9 Å². The van der Waals surface area contributed by atoms with E-state index in [1.807, 2.05) is 38.1 Å². The Balaban J connectivity index is 2.02. The number of sulfonamides is 1. The second kappa shape index (κ2) is 7.94. The van der Waals surface area contributed by atoms with Crippen LogP contribution in [0.3, 0.4) is 0 Å². The lowest BCUT2D eigenvalue weighted by molar-refractivity contribution is -0.113. The number of anilines is 2. The topological polar surface area (TPSA) is 66.5 Å². The lowest BCUT2D eigenvalue weighted by atomic mass is 10.1. The predicted molar refractivity (Wildman–Crippen MR) is 111 cm³/mol. The molecule has 5 nitrogen and oxygen atoms in total. The van der Waals surface area contributed by atoms with Gasteiger partial charge in [-0.2, -0.15) is 0 Å². The summed E-state index contributed by atoms with van der Waals surface area (Å²) in [6.07, 6.45) is 0.902. The highest BCUT2D eigenvalue weighted by Crippen LogP contribution is 2.34. The lowest BCUT2D eigenvalue weighted by Crippen LogP contribution is -2.34. The van der Waals surface area contributed by atoms with Crippen LogP contribution >= 0.6 is 11.8 Å². The molecule has 0 spiro atoms. The SMILES string of the molecule is CCc1ccc(N(CC(C)C)S(=O)(=O)c2ccc3c(c2)NC(=O)CS3)cc1. The van der Waals surface area contributed by atoms with Crippen molar-refractivity contribution in [2.75, 3.05) is 21.9 Å². The average Bonchev–Trinajstić information content (AvgIpc) is 2.65. The van der Waals surface area contributed by atoms with Crippen LogP contribution in [0, 0.1) is 5.92 Å². The van der Waals surface area contributed by atoms with E-state index in [2.05, 4.69) is 12.2 Å². The van der Waals surface area contributed by atoms with Gasteiger partial charge in [-0.05, 0) is 48.2 Å². The third kappa shape index (κ3) is 4.30. The second-order valence-corrected chi connectivity index (χ2v) is 9.82. The minimum atomic E-state index is -3.75. The number of amides is 1. The van der Waals surface area contributed by atoms with Gasteiger partial charge < -0.3 is 5.32 Å². The van der Waals surface area contributed by atoms with Gasteiger partial charge in [-0.3, -0.25) is 9.10 Å². The summed E-state index contributed by atoms with van der Waals surface area (Å²) >= 11 is 1.42. The highest BCUT2D eigenvalue weighted by molar-refractivity contribution is 8.00. The van der Waals surface area contributed by atoms with Gasteiger partial charge in [0.2, 0.25) is 5.91 Å².